The maximum absolute atomic E-state index is 12.8. The lowest BCUT2D eigenvalue weighted by Crippen LogP contribution is -2.45. The summed E-state index contributed by atoms with van der Waals surface area (Å²) in [6.45, 7) is 4.66. The number of amides is 1. The Hall–Kier alpha value is -0.760. The highest BCUT2D eigenvalue weighted by Crippen LogP contribution is 2.38. The molecule has 0 heterocycles. The number of quaternary nitrogens is 1. The van der Waals surface area contributed by atoms with E-state index in [0.29, 0.717) is 17.4 Å². The highest BCUT2D eigenvalue weighted by molar-refractivity contribution is 7.45. The number of phosphoric acid groups is 1. The van der Waals surface area contributed by atoms with E-state index in [9.17, 15) is 19.4 Å². The van der Waals surface area contributed by atoms with Gasteiger partial charge in [-0.05, 0) is 19.3 Å². The molecule has 0 bridgehead atoms. The normalized spacial score (nSPS) is 14.5. The number of unbranched alkanes of at least 4 members (excludes halogenated alkanes) is 28. The molecule has 8 nitrogen and oxygen atoms in total. The van der Waals surface area contributed by atoms with Gasteiger partial charge in [0, 0.05) is 6.42 Å². The van der Waals surface area contributed by atoms with Crippen LogP contribution in [-0.4, -0.2) is 68.5 Å². The summed E-state index contributed by atoms with van der Waals surface area (Å²) in [7, 11) is 1.27. The lowest BCUT2D eigenvalue weighted by atomic mass is 10.0. The zero-order valence-electron chi connectivity index (χ0n) is 35.7. The number of aliphatic hydroxyl groups is 1. The minimum Gasteiger partial charge on any atom is -0.756 e. The van der Waals surface area contributed by atoms with Gasteiger partial charge >= 0.3 is 0 Å². The van der Waals surface area contributed by atoms with Gasteiger partial charge in [0.15, 0.2) is 0 Å². The minimum absolute atomic E-state index is 0.00213. The van der Waals surface area contributed by atoms with Crippen LogP contribution in [0.3, 0.4) is 0 Å². The van der Waals surface area contributed by atoms with Gasteiger partial charge in [-0.1, -0.05) is 199 Å². The van der Waals surface area contributed by atoms with Crippen LogP contribution in [0.5, 0.6) is 0 Å². The molecule has 3 unspecified atom stereocenters. The molecule has 3 atom stereocenters. The summed E-state index contributed by atoms with van der Waals surface area (Å²) in [5.74, 6) is -0.195. The van der Waals surface area contributed by atoms with Crippen LogP contribution < -0.4 is 10.2 Å². The third-order valence-corrected chi connectivity index (χ3v) is 11.2. The summed E-state index contributed by atoms with van der Waals surface area (Å²) in [4.78, 5) is 25.3. The molecule has 0 rings (SSSR count). The quantitative estimate of drug-likeness (QED) is 0.0277. The first-order chi connectivity index (χ1) is 25.5. The van der Waals surface area contributed by atoms with Crippen molar-refractivity contribution in [1.82, 2.24) is 5.32 Å². The lowest BCUT2D eigenvalue weighted by molar-refractivity contribution is -0.870. The van der Waals surface area contributed by atoms with Crippen LogP contribution in [0, 0.1) is 0 Å². The largest absolute Gasteiger partial charge is 0.756 e. The van der Waals surface area contributed by atoms with E-state index >= 15 is 0 Å². The molecule has 53 heavy (non-hydrogen) atoms. The molecule has 0 aliphatic carbocycles. The molecular weight excluding hydrogens is 683 g/mol. The van der Waals surface area contributed by atoms with Gasteiger partial charge in [0.2, 0.25) is 5.91 Å². The molecule has 0 aromatic heterocycles. The molecule has 1 amide bonds. The Kier molecular flexibility index (Phi) is 36.3. The zero-order chi connectivity index (χ0) is 39.3. The van der Waals surface area contributed by atoms with Crippen LogP contribution in [0.15, 0.2) is 12.2 Å². The van der Waals surface area contributed by atoms with Crippen molar-refractivity contribution in [2.75, 3.05) is 40.9 Å². The third-order valence-electron chi connectivity index (χ3n) is 10.2. The summed E-state index contributed by atoms with van der Waals surface area (Å²) in [6, 6.07) is -0.879. The van der Waals surface area contributed by atoms with Gasteiger partial charge in [-0.3, -0.25) is 9.36 Å². The van der Waals surface area contributed by atoms with Crippen molar-refractivity contribution < 1.29 is 32.9 Å². The topological polar surface area (TPSA) is 108 Å². The second-order valence-corrected chi connectivity index (χ2v) is 18.2. The second kappa shape index (κ2) is 36.9. The van der Waals surface area contributed by atoms with Gasteiger partial charge in [-0.2, -0.15) is 0 Å². The first-order valence-corrected chi connectivity index (χ1v) is 24.0. The van der Waals surface area contributed by atoms with E-state index in [-0.39, 0.29) is 19.1 Å². The number of aliphatic hydroxyl groups excluding tert-OH is 1. The number of hydrogen-bond acceptors (Lipinski definition) is 6. The Morgan fingerprint density at radius 3 is 1.42 bits per heavy atom. The summed E-state index contributed by atoms with van der Waals surface area (Å²) >= 11 is 0. The third kappa shape index (κ3) is 39.3. The van der Waals surface area contributed by atoms with E-state index in [2.05, 4.69) is 19.2 Å². The Balaban J connectivity index is 4.40. The van der Waals surface area contributed by atoms with Crippen LogP contribution in [-0.2, 0) is 18.4 Å². The fourth-order valence-corrected chi connectivity index (χ4v) is 7.35. The molecule has 2 N–H and O–H groups in total. The maximum Gasteiger partial charge on any atom is 0.268 e. The van der Waals surface area contributed by atoms with E-state index in [0.717, 1.165) is 38.5 Å². The van der Waals surface area contributed by atoms with Crippen molar-refractivity contribution in [2.24, 2.45) is 0 Å². The molecule has 0 saturated carbocycles. The number of nitrogens with zero attached hydrogens (tertiary/aromatic N) is 1. The van der Waals surface area contributed by atoms with Crippen LogP contribution >= 0.6 is 7.82 Å². The van der Waals surface area contributed by atoms with Crippen molar-refractivity contribution in [3.63, 3.8) is 0 Å². The standard InChI is InChI=1S/C44H89N2O6P/c1-6-8-10-12-14-16-18-20-22-24-25-27-29-31-33-35-37-43(47)42(41-52-53(49,50)51-40-39-46(3,4)5)45-44(48)38-36-34-32-30-28-26-23-21-19-17-15-13-11-9-7-2/h35,37,42-43,47H,6-34,36,38-41H2,1-5H3,(H-,45,48,49,50)/b37-35+. The Morgan fingerprint density at radius 2 is 1.02 bits per heavy atom. The average Bonchev–Trinajstić information content (AvgIpc) is 3.10. The predicted octanol–water partition coefficient (Wildman–Crippen LogP) is 11.7. The highest BCUT2D eigenvalue weighted by Gasteiger charge is 2.23. The van der Waals surface area contributed by atoms with Gasteiger partial charge in [-0.25, -0.2) is 0 Å². The maximum atomic E-state index is 12.8. The van der Waals surface area contributed by atoms with E-state index < -0.39 is 20.0 Å². The molecule has 0 saturated heterocycles. The molecule has 0 aliphatic heterocycles. The molecule has 0 aromatic rings. The van der Waals surface area contributed by atoms with Gasteiger partial charge in [-0.15, -0.1) is 0 Å². The van der Waals surface area contributed by atoms with E-state index in [1.165, 1.54) is 154 Å². The fourth-order valence-electron chi connectivity index (χ4n) is 6.62. The predicted molar refractivity (Wildman–Crippen MR) is 224 cm³/mol. The van der Waals surface area contributed by atoms with E-state index in [4.69, 9.17) is 9.05 Å². The number of likely N-dealkylation sites (N-methyl/N-ethyl adjacent to an activating group) is 1. The van der Waals surface area contributed by atoms with Gasteiger partial charge < -0.3 is 28.8 Å². The number of carbonyl (C=O) groups excluding carboxylic acids is 1. The molecular formula is C44H89N2O6P. The first-order valence-electron chi connectivity index (χ1n) is 22.6. The fraction of sp³-hybridized carbons (Fsp3) is 0.932. The molecule has 0 radical (unpaired) electrons. The van der Waals surface area contributed by atoms with Gasteiger partial charge in [0.25, 0.3) is 7.82 Å². The number of nitrogens with one attached hydrogen (secondary N) is 1. The Labute approximate surface area is 329 Å². The molecule has 0 aromatic carbocycles. The van der Waals surface area contributed by atoms with Gasteiger partial charge in [0.05, 0.1) is 39.9 Å². The molecule has 0 fully saturated rings. The Bertz CT molecular complexity index is 880. The van der Waals surface area contributed by atoms with E-state index in [1.54, 1.807) is 6.08 Å². The number of allylic oxidation sites excluding steroid dienone is 1. The zero-order valence-corrected chi connectivity index (χ0v) is 36.6. The van der Waals surface area contributed by atoms with Crippen molar-refractivity contribution in [3.05, 3.63) is 12.2 Å². The molecule has 0 spiro atoms. The average molecular weight is 773 g/mol. The number of carbonyl (C=O) groups is 1. The van der Waals surface area contributed by atoms with E-state index in [1.807, 2.05) is 27.2 Å². The summed E-state index contributed by atoms with van der Waals surface area (Å²) in [6.07, 6.45) is 41.0. The number of rotatable bonds is 41. The lowest BCUT2D eigenvalue weighted by Gasteiger charge is -2.29. The number of phosphoric ester groups is 1. The summed E-state index contributed by atoms with van der Waals surface area (Å²) in [5.41, 5.74) is 0. The molecule has 0 aliphatic rings. The highest BCUT2D eigenvalue weighted by atomic mass is 31.2. The second-order valence-electron chi connectivity index (χ2n) is 16.8. The van der Waals surface area contributed by atoms with Crippen LogP contribution in [0.4, 0.5) is 0 Å². The minimum atomic E-state index is -4.58. The monoisotopic (exact) mass is 773 g/mol. The van der Waals surface area contributed by atoms with Crippen LogP contribution in [0.25, 0.3) is 0 Å². The molecule has 9 heteroatoms. The van der Waals surface area contributed by atoms with Crippen molar-refractivity contribution in [3.8, 4) is 0 Å². The summed E-state index contributed by atoms with van der Waals surface area (Å²) < 4.78 is 23.2. The van der Waals surface area contributed by atoms with Crippen molar-refractivity contribution in [1.29, 1.82) is 0 Å². The summed E-state index contributed by atoms with van der Waals surface area (Å²) in [5, 5.41) is 13.8. The Morgan fingerprint density at radius 1 is 0.642 bits per heavy atom. The smallest absolute Gasteiger partial charge is 0.268 e. The van der Waals surface area contributed by atoms with Crippen LogP contribution in [0.2, 0.25) is 0 Å². The van der Waals surface area contributed by atoms with Crippen molar-refractivity contribution in [2.45, 2.75) is 225 Å². The van der Waals surface area contributed by atoms with Crippen molar-refractivity contribution >= 4 is 13.7 Å². The molecule has 316 valence electrons. The van der Waals surface area contributed by atoms with Crippen LogP contribution in [0.1, 0.15) is 213 Å². The first kappa shape index (κ1) is 52.2. The number of hydrogen-bond donors (Lipinski definition) is 2. The SMILES string of the molecule is CCCCCCCCCCCCCCCC/C=C/C(O)C(COP(=O)([O-])OCC[N+](C)(C)C)NC(=O)CCCCCCCCCCCCCCCCC. The van der Waals surface area contributed by atoms with Gasteiger partial charge in [0.1, 0.15) is 13.2 Å².